The predicted molar refractivity (Wildman–Crippen MR) is 85.8 cm³/mol. The van der Waals surface area contributed by atoms with Gasteiger partial charge in [0, 0.05) is 20.9 Å². The second-order valence-corrected chi connectivity index (χ2v) is 6.98. The van der Waals surface area contributed by atoms with Crippen LogP contribution in [0.15, 0.2) is 27.1 Å². The van der Waals surface area contributed by atoms with Crippen molar-refractivity contribution in [2.45, 2.75) is 31.7 Å². The van der Waals surface area contributed by atoms with Crippen molar-refractivity contribution < 1.29 is 4.79 Å². The monoisotopic (exact) mass is 407 g/mol. The minimum atomic E-state index is -0.0322. The summed E-state index contributed by atoms with van der Waals surface area (Å²) in [5.41, 5.74) is 0.660. The Bertz CT molecular complexity index is 467. The van der Waals surface area contributed by atoms with Crippen molar-refractivity contribution in [2.24, 2.45) is 5.92 Å². The van der Waals surface area contributed by atoms with Gasteiger partial charge >= 0.3 is 0 Å². The van der Waals surface area contributed by atoms with Crippen molar-refractivity contribution in [2.75, 3.05) is 5.88 Å². The number of carbonyl (C=O) groups is 1. The smallest absolute Gasteiger partial charge is 0.252 e. The van der Waals surface area contributed by atoms with Gasteiger partial charge in [0.25, 0.3) is 5.91 Å². The van der Waals surface area contributed by atoms with Crippen LogP contribution in [0.2, 0.25) is 0 Å². The van der Waals surface area contributed by atoms with Gasteiger partial charge in [0.05, 0.1) is 5.56 Å². The van der Waals surface area contributed by atoms with Crippen molar-refractivity contribution in [1.82, 2.24) is 5.32 Å². The molecule has 19 heavy (non-hydrogen) atoms. The third-order valence-electron chi connectivity index (χ3n) is 3.60. The fourth-order valence-electron chi connectivity index (χ4n) is 2.50. The van der Waals surface area contributed by atoms with Crippen LogP contribution in [0.4, 0.5) is 0 Å². The SMILES string of the molecule is O=C(NC1CCCCC1CCl)c1cc(Br)ccc1Br. The van der Waals surface area contributed by atoms with E-state index in [9.17, 15) is 4.79 Å². The van der Waals surface area contributed by atoms with Gasteiger partial charge in [-0.05, 0) is 52.9 Å². The zero-order valence-corrected chi connectivity index (χ0v) is 14.4. The summed E-state index contributed by atoms with van der Waals surface area (Å²) >= 11 is 12.8. The zero-order valence-electron chi connectivity index (χ0n) is 10.5. The molecular weight excluding hydrogens is 393 g/mol. The number of carbonyl (C=O) groups excluding carboxylic acids is 1. The van der Waals surface area contributed by atoms with Gasteiger partial charge in [-0.3, -0.25) is 4.79 Å². The summed E-state index contributed by atoms with van der Waals surface area (Å²) in [6.07, 6.45) is 4.51. The number of hydrogen-bond donors (Lipinski definition) is 1. The number of rotatable bonds is 3. The molecule has 0 radical (unpaired) electrons. The average molecular weight is 410 g/mol. The highest BCUT2D eigenvalue weighted by atomic mass is 79.9. The first-order chi connectivity index (χ1) is 9.11. The van der Waals surface area contributed by atoms with E-state index in [4.69, 9.17) is 11.6 Å². The van der Waals surface area contributed by atoms with Crippen molar-refractivity contribution in [3.05, 3.63) is 32.7 Å². The maximum Gasteiger partial charge on any atom is 0.252 e. The molecule has 2 unspecified atom stereocenters. The molecule has 0 heterocycles. The van der Waals surface area contributed by atoms with Crippen LogP contribution in [0.3, 0.4) is 0 Å². The van der Waals surface area contributed by atoms with E-state index in [1.807, 2.05) is 18.2 Å². The number of hydrogen-bond acceptors (Lipinski definition) is 1. The lowest BCUT2D eigenvalue weighted by atomic mass is 9.85. The predicted octanol–water partition coefficient (Wildman–Crippen LogP) is 4.74. The topological polar surface area (TPSA) is 29.1 Å². The van der Waals surface area contributed by atoms with Gasteiger partial charge in [-0.2, -0.15) is 0 Å². The van der Waals surface area contributed by atoms with Gasteiger partial charge in [0.15, 0.2) is 0 Å². The molecular formula is C14H16Br2ClNO. The van der Waals surface area contributed by atoms with Crippen LogP contribution in [-0.2, 0) is 0 Å². The molecule has 2 atom stereocenters. The lowest BCUT2D eigenvalue weighted by molar-refractivity contribution is 0.0910. The van der Waals surface area contributed by atoms with Gasteiger partial charge < -0.3 is 5.32 Å². The molecule has 2 rings (SSSR count). The molecule has 104 valence electrons. The second-order valence-electron chi connectivity index (χ2n) is 4.90. The van der Waals surface area contributed by atoms with E-state index in [0.717, 1.165) is 28.2 Å². The van der Waals surface area contributed by atoms with Crippen LogP contribution in [0, 0.1) is 5.92 Å². The molecule has 1 N–H and O–H groups in total. The van der Waals surface area contributed by atoms with Crippen LogP contribution >= 0.6 is 43.5 Å². The van der Waals surface area contributed by atoms with Crippen molar-refractivity contribution in [1.29, 1.82) is 0 Å². The second kappa shape index (κ2) is 7.09. The van der Waals surface area contributed by atoms with E-state index >= 15 is 0 Å². The first-order valence-corrected chi connectivity index (χ1v) is 8.55. The molecule has 1 amide bonds. The highest BCUT2D eigenvalue weighted by molar-refractivity contribution is 9.11. The minimum Gasteiger partial charge on any atom is -0.349 e. The molecule has 1 aliphatic carbocycles. The fraction of sp³-hybridized carbons (Fsp3) is 0.500. The van der Waals surface area contributed by atoms with Crippen molar-refractivity contribution >= 4 is 49.4 Å². The standard InChI is InChI=1S/C14H16Br2ClNO/c15-10-5-6-12(16)11(7-10)14(19)18-13-4-2-1-3-9(13)8-17/h5-7,9,13H,1-4,8H2,(H,18,19). The van der Waals surface area contributed by atoms with E-state index in [-0.39, 0.29) is 11.9 Å². The van der Waals surface area contributed by atoms with Crippen LogP contribution in [-0.4, -0.2) is 17.8 Å². The Morgan fingerprint density at radius 2 is 2.05 bits per heavy atom. The van der Waals surface area contributed by atoms with Gasteiger partial charge in [-0.1, -0.05) is 28.8 Å². The van der Waals surface area contributed by atoms with E-state index < -0.39 is 0 Å². The lowest BCUT2D eigenvalue weighted by Gasteiger charge is -2.31. The summed E-state index contributed by atoms with van der Waals surface area (Å²) in [7, 11) is 0. The molecule has 0 aliphatic heterocycles. The largest absolute Gasteiger partial charge is 0.349 e. The Morgan fingerprint density at radius 1 is 1.32 bits per heavy atom. The minimum absolute atomic E-state index is 0.0322. The van der Waals surface area contributed by atoms with Gasteiger partial charge in [0.2, 0.25) is 0 Å². The first kappa shape index (κ1) is 15.3. The Kier molecular flexibility index (Phi) is 5.72. The molecule has 1 fully saturated rings. The maximum absolute atomic E-state index is 12.3. The van der Waals surface area contributed by atoms with Crippen LogP contribution in [0.1, 0.15) is 36.0 Å². The van der Waals surface area contributed by atoms with Gasteiger partial charge in [-0.25, -0.2) is 0 Å². The molecule has 1 saturated carbocycles. The van der Waals surface area contributed by atoms with Crippen LogP contribution in [0.25, 0.3) is 0 Å². The first-order valence-electron chi connectivity index (χ1n) is 6.43. The molecule has 0 saturated heterocycles. The average Bonchev–Trinajstić information content (AvgIpc) is 2.42. The normalized spacial score (nSPS) is 23.1. The van der Waals surface area contributed by atoms with Crippen molar-refractivity contribution in [3.8, 4) is 0 Å². The molecule has 1 aromatic carbocycles. The lowest BCUT2D eigenvalue weighted by Crippen LogP contribution is -2.42. The Morgan fingerprint density at radius 3 is 2.79 bits per heavy atom. The summed E-state index contributed by atoms with van der Waals surface area (Å²) in [6, 6.07) is 5.81. The molecule has 5 heteroatoms. The van der Waals surface area contributed by atoms with Crippen molar-refractivity contribution in [3.63, 3.8) is 0 Å². The summed E-state index contributed by atoms with van der Waals surface area (Å²) in [5, 5.41) is 3.13. The number of nitrogens with one attached hydrogen (secondary N) is 1. The van der Waals surface area contributed by atoms with E-state index in [0.29, 0.717) is 17.4 Å². The number of amides is 1. The van der Waals surface area contributed by atoms with Crippen LogP contribution < -0.4 is 5.32 Å². The van der Waals surface area contributed by atoms with E-state index in [1.165, 1.54) is 6.42 Å². The third kappa shape index (κ3) is 3.96. The Balaban J connectivity index is 2.09. The van der Waals surface area contributed by atoms with Gasteiger partial charge in [0.1, 0.15) is 0 Å². The molecule has 0 spiro atoms. The fourth-order valence-corrected chi connectivity index (χ4v) is 3.66. The maximum atomic E-state index is 12.3. The summed E-state index contributed by atoms with van der Waals surface area (Å²) in [5.74, 6) is 0.977. The Hall–Kier alpha value is -0.0600. The molecule has 1 aliphatic rings. The molecule has 2 nitrogen and oxygen atoms in total. The zero-order chi connectivity index (χ0) is 13.8. The summed E-state index contributed by atoms with van der Waals surface area (Å²) in [6.45, 7) is 0. The summed E-state index contributed by atoms with van der Waals surface area (Å²) < 4.78 is 1.71. The van der Waals surface area contributed by atoms with Crippen LogP contribution in [0.5, 0.6) is 0 Å². The number of halogens is 3. The summed E-state index contributed by atoms with van der Waals surface area (Å²) in [4.78, 5) is 12.3. The molecule has 1 aromatic rings. The quantitative estimate of drug-likeness (QED) is 0.718. The number of benzene rings is 1. The highest BCUT2D eigenvalue weighted by Crippen LogP contribution is 2.27. The number of alkyl halides is 1. The van der Waals surface area contributed by atoms with Gasteiger partial charge in [-0.15, -0.1) is 11.6 Å². The van der Waals surface area contributed by atoms with E-state index in [1.54, 1.807) is 0 Å². The highest BCUT2D eigenvalue weighted by Gasteiger charge is 2.26. The third-order valence-corrected chi connectivity index (χ3v) is 5.18. The Labute approximate surface area is 135 Å². The molecule has 0 bridgehead atoms. The van der Waals surface area contributed by atoms with E-state index in [2.05, 4.69) is 37.2 Å². The molecule has 0 aromatic heterocycles.